The van der Waals surface area contributed by atoms with E-state index in [0.29, 0.717) is 0 Å². The Kier molecular flexibility index (Phi) is 4.09. The molecule has 0 bridgehead atoms. The van der Waals surface area contributed by atoms with Gasteiger partial charge in [0.2, 0.25) is 0 Å². The van der Waals surface area contributed by atoms with Crippen LogP contribution in [0.5, 0.6) is 0 Å². The maximum Gasteiger partial charge on any atom is 0.124 e. The molecule has 1 saturated heterocycles. The van der Waals surface area contributed by atoms with Crippen LogP contribution in [0.2, 0.25) is 0 Å². The largest absolute Gasteiger partial charge is 0.379 e. The second kappa shape index (κ2) is 6.52. The zero-order chi connectivity index (χ0) is 15.5. The quantitative estimate of drug-likeness (QED) is 0.742. The molecule has 23 heavy (non-hydrogen) atoms. The van der Waals surface area contributed by atoms with E-state index in [1.54, 1.807) is 0 Å². The second-order valence-electron chi connectivity index (χ2n) is 5.98. The first-order chi connectivity index (χ1) is 11.4. The van der Waals surface area contributed by atoms with Gasteiger partial charge in [-0.15, -0.1) is 0 Å². The summed E-state index contributed by atoms with van der Waals surface area (Å²) < 4.78 is 7.80. The smallest absolute Gasteiger partial charge is 0.124 e. The molecule has 0 spiro atoms. The van der Waals surface area contributed by atoms with E-state index in [1.165, 1.54) is 11.1 Å². The van der Waals surface area contributed by atoms with Gasteiger partial charge in [0, 0.05) is 19.6 Å². The molecular weight excluding hydrogens is 286 g/mol. The van der Waals surface area contributed by atoms with E-state index >= 15 is 0 Å². The molecule has 0 aliphatic carbocycles. The fourth-order valence-electron chi connectivity index (χ4n) is 3.15. The number of morpholine rings is 1. The lowest BCUT2D eigenvalue weighted by molar-refractivity contribution is 0.0327. The number of nitrogens with zero attached hydrogens (tertiary/aromatic N) is 3. The van der Waals surface area contributed by atoms with Crippen LogP contribution in [-0.2, 0) is 17.8 Å². The van der Waals surface area contributed by atoms with E-state index in [4.69, 9.17) is 9.72 Å². The predicted octanol–water partition coefficient (Wildman–Crippen LogP) is 2.92. The summed E-state index contributed by atoms with van der Waals surface area (Å²) in [4.78, 5) is 7.31. The highest BCUT2D eigenvalue weighted by molar-refractivity contribution is 5.76. The highest BCUT2D eigenvalue weighted by Gasteiger charge is 2.16. The minimum absolute atomic E-state index is 0.818. The molecule has 0 N–H and O–H groups in total. The molecule has 0 saturated carbocycles. The van der Waals surface area contributed by atoms with Crippen molar-refractivity contribution in [3.63, 3.8) is 0 Å². The fraction of sp³-hybridized carbons (Fsp3) is 0.316. The van der Waals surface area contributed by atoms with E-state index in [0.717, 1.165) is 50.7 Å². The van der Waals surface area contributed by atoms with Crippen molar-refractivity contribution in [2.75, 3.05) is 26.3 Å². The van der Waals surface area contributed by atoms with Crippen LogP contribution in [0.1, 0.15) is 11.4 Å². The van der Waals surface area contributed by atoms with Crippen molar-refractivity contribution in [2.45, 2.75) is 13.1 Å². The Bertz CT molecular complexity index is 776. The van der Waals surface area contributed by atoms with Crippen LogP contribution < -0.4 is 0 Å². The summed E-state index contributed by atoms with van der Waals surface area (Å²) in [5.74, 6) is 1.14. The molecule has 1 aromatic heterocycles. The molecule has 4 rings (SSSR count). The van der Waals surface area contributed by atoms with E-state index in [9.17, 15) is 0 Å². The lowest BCUT2D eigenvalue weighted by Crippen LogP contribution is -2.36. The van der Waals surface area contributed by atoms with Crippen LogP contribution in [-0.4, -0.2) is 40.8 Å². The lowest BCUT2D eigenvalue weighted by atomic mass is 10.2. The number of ether oxygens (including phenoxy) is 1. The number of fused-ring (bicyclic) bond motifs is 1. The van der Waals surface area contributed by atoms with Crippen LogP contribution in [0, 0.1) is 0 Å². The van der Waals surface area contributed by atoms with Crippen molar-refractivity contribution in [2.24, 2.45) is 0 Å². The molecule has 0 unspecified atom stereocenters. The highest BCUT2D eigenvalue weighted by Crippen LogP contribution is 2.19. The van der Waals surface area contributed by atoms with E-state index in [-0.39, 0.29) is 0 Å². The second-order valence-corrected chi connectivity index (χ2v) is 5.98. The van der Waals surface area contributed by atoms with E-state index in [1.807, 2.05) is 0 Å². The number of hydrogen-bond donors (Lipinski definition) is 0. The van der Waals surface area contributed by atoms with Gasteiger partial charge in [-0.05, 0) is 17.7 Å². The molecule has 2 aromatic carbocycles. The van der Waals surface area contributed by atoms with Gasteiger partial charge in [-0.1, -0.05) is 42.5 Å². The van der Waals surface area contributed by atoms with Crippen LogP contribution in [0.25, 0.3) is 11.0 Å². The van der Waals surface area contributed by atoms with Crippen LogP contribution in [0.4, 0.5) is 0 Å². The van der Waals surface area contributed by atoms with Crippen LogP contribution >= 0.6 is 0 Å². The molecule has 1 fully saturated rings. The molecule has 118 valence electrons. The van der Waals surface area contributed by atoms with Gasteiger partial charge in [0.1, 0.15) is 5.82 Å². The third-order valence-electron chi connectivity index (χ3n) is 4.39. The fourth-order valence-corrected chi connectivity index (χ4v) is 3.15. The minimum atomic E-state index is 0.818. The normalized spacial score (nSPS) is 16.0. The molecule has 1 aliphatic heterocycles. The summed E-state index contributed by atoms with van der Waals surface area (Å²) in [7, 11) is 0. The van der Waals surface area contributed by atoms with Gasteiger partial charge in [-0.2, -0.15) is 0 Å². The van der Waals surface area contributed by atoms with Gasteiger partial charge in [-0.3, -0.25) is 4.90 Å². The van der Waals surface area contributed by atoms with Gasteiger partial charge < -0.3 is 9.30 Å². The molecule has 2 heterocycles. The van der Waals surface area contributed by atoms with Gasteiger partial charge in [-0.25, -0.2) is 4.98 Å². The Morgan fingerprint density at radius 3 is 2.43 bits per heavy atom. The van der Waals surface area contributed by atoms with Gasteiger partial charge in [0.05, 0.1) is 30.8 Å². The molecule has 3 aromatic rings. The molecular formula is C19H21N3O. The molecule has 0 radical (unpaired) electrons. The Balaban J connectivity index is 1.69. The number of aromatic nitrogens is 2. The zero-order valence-electron chi connectivity index (χ0n) is 13.2. The molecule has 0 amide bonds. The van der Waals surface area contributed by atoms with Crippen molar-refractivity contribution < 1.29 is 4.74 Å². The zero-order valence-corrected chi connectivity index (χ0v) is 13.2. The van der Waals surface area contributed by atoms with Gasteiger partial charge in [0.15, 0.2) is 0 Å². The number of rotatable bonds is 4. The first-order valence-electron chi connectivity index (χ1n) is 8.18. The highest BCUT2D eigenvalue weighted by atomic mass is 16.5. The third kappa shape index (κ3) is 3.14. The van der Waals surface area contributed by atoms with Crippen molar-refractivity contribution in [1.82, 2.24) is 14.5 Å². The van der Waals surface area contributed by atoms with E-state index < -0.39 is 0 Å². The van der Waals surface area contributed by atoms with E-state index in [2.05, 4.69) is 64.1 Å². The summed E-state index contributed by atoms with van der Waals surface area (Å²) in [5, 5.41) is 0. The summed E-state index contributed by atoms with van der Waals surface area (Å²) in [6.07, 6.45) is 0. The van der Waals surface area contributed by atoms with Gasteiger partial charge in [0.25, 0.3) is 0 Å². The molecule has 4 heteroatoms. The topological polar surface area (TPSA) is 30.3 Å². The number of hydrogen-bond acceptors (Lipinski definition) is 3. The first-order valence-corrected chi connectivity index (χ1v) is 8.18. The van der Waals surface area contributed by atoms with Crippen molar-refractivity contribution in [3.05, 3.63) is 66.0 Å². The average Bonchev–Trinajstić information content (AvgIpc) is 2.94. The van der Waals surface area contributed by atoms with Crippen LogP contribution in [0.15, 0.2) is 54.6 Å². The van der Waals surface area contributed by atoms with Crippen molar-refractivity contribution >= 4 is 11.0 Å². The van der Waals surface area contributed by atoms with Crippen LogP contribution in [0.3, 0.4) is 0 Å². The predicted molar refractivity (Wildman–Crippen MR) is 91.4 cm³/mol. The minimum Gasteiger partial charge on any atom is -0.379 e. The average molecular weight is 307 g/mol. The van der Waals surface area contributed by atoms with Crippen molar-refractivity contribution in [3.8, 4) is 0 Å². The third-order valence-corrected chi connectivity index (χ3v) is 4.39. The Morgan fingerprint density at radius 1 is 0.870 bits per heavy atom. The number of benzene rings is 2. The Labute approximate surface area is 136 Å². The summed E-state index contributed by atoms with van der Waals surface area (Å²) in [6, 6.07) is 19.0. The van der Waals surface area contributed by atoms with Gasteiger partial charge >= 0.3 is 0 Å². The monoisotopic (exact) mass is 307 g/mol. The first kappa shape index (κ1) is 14.4. The molecule has 1 aliphatic rings. The standard InChI is InChI=1S/C19H21N3O/c1-2-6-16(7-3-1)14-22-18-9-5-4-8-17(18)20-19(22)15-21-10-12-23-13-11-21/h1-9H,10-15H2. The van der Waals surface area contributed by atoms with Crippen molar-refractivity contribution in [1.29, 1.82) is 0 Å². The number of para-hydroxylation sites is 2. The Morgan fingerprint density at radius 2 is 1.61 bits per heavy atom. The lowest BCUT2D eigenvalue weighted by Gasteiger charge is -2.26. The molecule has 4 nitrogen and oxygen atoms in total. The Hall–Kier alpha value is -2.17. The maximum absolute atomic E-state index is 5.45. The number of imidazole rings is 1. The summed E-state index contributed by atoms with van der Waals surface area (Å²) in [6.45, 7) is 5.34. The summed E-state index contributed by atoms with van der Waals surface area (Å²) in [5.41, 5.74) is 3.59. The molecule has 0 atom stereocenters. The maximum atomic E-state index is 5.45. The summed E-state index contributed by atoms with van der Waals surface area (Å²) >= 11 is 0. The SMILES string of the molecule is c1ccc(Cn2c(CN3CCOCC3)nc3ccccc32)cc1.